The second-order valence-corrected chi connectivity index (χ2v) is 6.07. The number of nitrogens with one attached hydrogen (secondary N) is 1. The van der Waals surface area contributed by atoms with Crippen LogP contribution in [0.15, 0.2) is 23.0 Å². The van der Waals surface area contributed by atoms with Crippen molar-refractivity contribution in [3.05, 3.63) is 24.2 Å². The van der Waals surface area contributed by atoms with Crippen LogP contribution in [0.5, 0.6) is 0 Å². The van der Waals surface area contributed by atoms with Crippen molar-refractivity contribution in [1.29, 1.82) is 0 Å². The highest BCUT2D eigenvalue weighted by atomic mass is 16.4. The van der Waals surface area contributed by atoms with Crippen LogP contribution in [0.4, 0.5) is 0 Å². The van der Waals surface area contributed by atoms with Crippen LogP contribution in [0.2, 0.25) is 0 Å². The Kier molecular flexibility index (Phi) is 3.96. The Labute approximate surface area is 123 Å². The van der Waals surface area contributed by atoms with E-state index in [4.69, 9.17) is 9.52 Å². The van der Waals surface area contributed by atoms with Gasteiger partial charge in [0.2, 0.25) is 0 Å². The van der Waals surface area contributed by atoms with Crippen LogP contribution in [-0.4, -0.2) is 47.1 Å². The van der Waals surface area contributed by atoms with E-state index in [1.54, 1.807) is 6.07 Å². The minimum absolute atomic E-state index is 0.101. The Balaban J connectivity index is 1.46. The molecule has 0 spiro atoms. The lowest BCUT2D eigenvalue weighted by molar-refractivity contribution is -0.139. The summed E-state index contributed by atoms with van der Waals surface area (Å²) >= 11 is 0. The first kappa shape index (κ1) is 14.1. The lowest BCUT2D eigenvalue weighted by Gasteiger charge is -2.42. The summed E-state index contributed by atoms with van der Waals surface area (Å²) in [5, 5.41) is 12.0. The third kappa shape index (κ3) is 3.64. The Morgan fingerprint density at radius 1 is 1.38 bits per heavy atom. The summed E-state index contributed by atoms with van der Waals surface area (Å²) in [6.07, 6.45) is 6.97. The first-order chi connectivity index (χ1) is 10.1. The molecular formula is C15H20N2O4. The van der Waals surface area contributed by atoms with Crippen molar-refractivity contribution in [2.75, 3.05) is 13.1 Å². The topological polar surface area (TPSA) is 82.8 Å². The predicted octanol–water partition coefficient (Wildman–Crippen LogP) is 1.34. The summed E-state index contributed by atoms with van der Waals surface area (Å²) in [4.78, 5) is 24.9. The van der Waals surface area contributed by atoms with Crippen LogP contribution >= 0.6 is 0 Å². The molecule has 2 saturated carbocycles. The fraction of sp³-hybridized carbons (Fsp3) is 0.600. The van der Waals surface area contributed by atoms with Crippen molar-refractivity contribution >= 4 is 11.9 Å². The molecule has 0 unspecified atom stereocenters. The molecule has 2 N–H and O–H groups in total. The molecule has 0 bridgehead atoms. The van der Waals surface area contributed by atoms with Crippen molar-refractivity contribution in [2.24, 2.45) is 5.92 Å². The van der Waals surface area contributed by atoms with E-state index in [2.05, 4.69) is 10.2 Å². The summed E-state index contributed by atoms with van der Waals surface area (Å²) in [6, 6.07) is 2.04. The third-order valence-electron chi connectivity index (χ3n) is 4.28. The van der Waals surface area contributed by atoms with Gasteiger partial charge < -0.3 is 14.8 Å². The van der Waals surface area contributed by atoms with E-state index >= 15 is 0 Å². The van der Waals surface area contributed by atoms with Gasteiger partial charge in [0.15, 0.2) is 0 Å². The highest BCUT2D eigenvalue weighted by Gasteiger charge is 2.37. The fourth-order valence-electron chi connectivity index (χ4n) is 2.81. The van der Waals surface area contributed by atoms with Crippen molar-refractivity contribution in [3.8, 4) is 0 Å². The van der Waals surface area contributed by atoms with Gasteiger partial charge in [-0.3, -0.25) is 14.5 Å². The summed E-state index contributed by atoms with van der Waals surface area (Å²) < 4.78 is 4.89. The maximum absolute atomic E-state index is 11.9. The van der Waals surface area contributed by atoms with Crippen LogP contribution in [-0.2, 0) is 4.79 Å². The zero-order valence-corrected chi connectivity index (χ0v) is 11.8. The van der Waals surface area contributed by atoms with E-state index in [0.29, 0.717) is 11.5 Å². The monoisotopic (exact) mass is 292 g/mol. The first-order valence-corrected chi connectivity index (χ1v) is 7.40. The van der Waals surface area contributed by atoms with Gasteiger partial charge in [0.1, 0.15) is 6.26 Å². The number of carbonyl (C=O) groups is 2. The Morgan fingerprint density at radius 2 is 2.14 bits per heavy atom. The number of hydrogen-bond acceptors (Lipinski definition) is 4. The molecule has 6 nitrogen and oxygen atoms in total. The van der Waals surface area contributed by atoms with Crippen LogP contribution in [0.1, 0.15) is 36.0 Å². The zero-order valence-electron chi connectivity index (χ0n) is 11.8. The number of amides is 1. The van der Waals surface area contributed by atoms with Crippen LogP contribution in [0, 0.1) is 5.92 Å². The van der Waals surface area contributed by atoms with Crippen molar-refractivity contribution < 1.29 is 19.1 Å². The second kappa shape index (κ2) is 5.89. The number of carboxylic acid groups (broad SMARTS) is 1. The Morgan fingerprint density at radius 3 is 2.71 bits per heavy atom. The fourth-order valence-corrected chi connectivity index (χ4v) is 2.81. The van der Waals surface area contributed by atoms with Gasteiger partial charge in [-0.05, 0) is 37.7 Å². The minimum atomic E-state index is -0.776. The Hall–Kier alpha value is -1.82. The van der Waals surface area contributed by atoms with Gasteiger partial charge in [0, 0.05) is 18.6 Å². The van der Waals surface area contributed by atoms with E-state index in [-0.39, 0.29) is 24.5 Å². The number of hydrogen-bond donors (Lipinski definition) is 2. The van der Waals surface area contributed by atoms with E-state index < -0.39 is 5.97 Å². The van der Waals surface area contributed by atoms with Gasteiger partial charge in [-0.25, -0.2) is 0 Å². The molecule has 1 heterocycles. The normalized spacial score (nSPS) is 24.6. The SMILES string of the molecule is O=C(O)CN(CC1CC1)C1CC(NC(=O)c2ccoc2)C1. The lowest BCUT2D eigenvalue weighted by Crippen LogP contribution is -2.55. The van der Waals surface area contributed by atoms with E-state index in [1.807, 2.05) is 0 Å². The molecule has 2 aliphatic carbocycles. The Bertz CT molecular complexity index is 504. The number of nitrogens with zero attached hydrogens (tertiary/aromatic N) is 1. The molecule has 1 aromatic heterocycles. The average molecular weight is 292 g/mol. The van der Waals surface area contributed by atoms with Crippen LogP contribution < -0.4 is 5.32 Å². The standard InChI is InChI=1S/C15H20N2O4/c18-14(19)8-17(7-10-1-2-10)13-5-12(6-13)16-15(20)11-3-4-21-9-11/h3-4,9-10,12-13H,1-2,5-8H2,(H,16,20)(H,18,19). The largest absolute Gasteiger partial charge is 0.480 e. The summed E-state index contributed by atoms with van der Waals surface area (Å²) in [5.41, 5.74) is 0.527. The molecule has 1 amide bonds. The average Bonchev–Trinajstić information content (AvgIpc) is 3.03. The minimum Gasteiger partial charge on any atom is -0.480 e. The predicted molar refractivity (Wildman–Crippen MR) is 74.9 cm³/mol. The summed E-state index contributed by atoms with van der Waals surface area (Å²) in [5.74, 6) is -0.232. The van der Waals surface area contributed by atoms with Gasteiger partial charge in [-0.1, -0.05) is 0 Å². The maximum Gasteiger partial charge on any atom is 0.317 e. The second-order valence-electron chi connectivity index (χ2n) is 6.07. The molecule has 21 heavy (non-hydrogen) atoms. The van der Waals surface area contributed by atoms with Gasteiger partial charge in [-0.2, -0.15) is 0 Å². The van der Waals surface area contributed by atoms with Crippen molar-refractivity contribution in [3.63, 3.8) is 0 Å². The summed E-state index contributed by atoms with van der Waals surface area (Å²) in [6.45, 7) is 0.975. The maximum atomic E-state index is 11.9. The third-order valence-corrected chi connectivity index (χ3v) is 4.28. The van der Waals surface area contributed by atoms with Crippen molar-refractivity contribution in [1.82, 2.24) is 10.2 Å². The van der Waals surface area contributed by atoms with Crippen molar-refractivity contribution in [2.45, 2.75) is 37.8 Å². The molecule has 2 fully saturated rings. The molecule has 6 heteroatoms. The van der Waals surface area contributed by atoms with Gasteiger partial charge in [0.05, 0.1) is 18.4 Å². The highest BCUT2D eigenvalue weighted by molar-refractivity contribution is 5.94. The number of aliphatic carboxylic acids is 1. The number of furan rings is 1. The van der Waals surface area contributed by atoms with E-state index in [1.165, 1.54) is 25.4 Å². The van der Waals surface area contributed by atoms with Crippen LogP contribution in [0.25, 0.3) is 0 Å². The highest BCUT2D eigenvalue weighted by Crippen LogP contribution is 2.33. The number of rotatable bonds is 7. The number of carboxylic acids is 1. The molecule has 0 atom stereocenters. The van der Waals surface area contributed by atoms with Gasteiger partial charge in [0.25, 0.3) is 5.91 Å². The first-order valence-electron chi connectivity index (χ1n) is 7.40. The van der Waals surface area contributed by atoms with Gasteiger partial charge in [-0.15, -0.1) is 0 Å². The molecule has 1 aromatic rings. The molecule has 0 saturated heterocycles. The molecule has 3 rings (SSSR count). The lowest BCUT2D eigenvalue weighted by atomic mass is 9.85. The number of carbonyl (C=O) groups excluding carboxylic acids is 1. The van der Waals surface area contributed by atoms with Gasteiger partial charge >= 0.3 is 5.97 Å². The molecule has 0 radical (unpaired) electrons. The quantitative estimate of drug-likeness (QED) is 0.792. The van der Waals surface area contributed by atoms with Crippen LogP contribution in [0.3, 0.4) is 0 Å². The van der Waals surface area contributed by atoms with E-state index in [0.717, 1.165) is 19.4 Å². The molecule has 2 aliphatic rings. The smallest absolute Gasteiger partial charge is 0.317 e. The van der Waals surface area contributed by atoms with E-state index in [9.17, 15) is 9.59 Å². The molecule has 0 aliphatic heterocycles. The molecule has 114 valence electrons. The molecule has 0 aromatic carbocycles. The summed E-state index contributed by atoms with van der Waals surface area (Å²) in [7, 11) is 0. The zero-order chi connectivity index (χ0) is 14.8. The molecular weight excluding hydrogens is 272 g/mol.